The molecular formula is C18H28N2. The first-order chi connectivity index (χ1) is 9.79. The summed E-state index contributed by atoms with van der Waals surface area (Å²) >= 11 is 0. The second-order valence-electron chi connectivity index (χ2n) is 6.62. The molecule has 1 saturated heterocycles. The van der Waals surface area contributed by atoms with Crippen LogP contribution in [0.5, 0.6) is 0 Å². The monoisotopic (exact) mass is 272 g/mol. The van der Waals surface area contributed by atoms with Gasteiger partial charge in [-0.1, -0.05) is 38.1 Å². The van der Waals surface area contributed by atoms with Gasteiger partial charge in [-0.05, 0) is 62.4 Å². The van der Waals surface area contributed by atoms with Crippen LogP contribution in [0.2, 0.25) is 0 Å². The minimum Gasteiger partial charge on any atom is -0.309 e. The summed E-state index contributed by atoms with van der Waals surface area (Å²) in [5.74, 6) is 0.914. The predicted octanol–water partition coefficient (Wildman–Crippen LogP) is 3.38. The molecule has 0 amide bonds. The lowest BCUT2D eigenvalue weighted by molar-refractivity contribution is 0.118. The van der Waals surface area contributed by atoms with Crippen molar-refractivity contribution in [3.05, 3.63) is 35.4 Å². The molecule has 0 radical (unpaired) electrons. The number of benzene rings is 1. The van der Waals surface area contributed by atoms with Crippen molar-refractivity contribution in [3.8, 4) is 0 Å². The summed E-state index contributed by atoms with van der Waals surface area (Å²) in [5, 5.41) is 3.80. The molecule has 1 aliphatic carbocycles. The molecule has 0 saturated carbocycles. The Hall–Kier alpha value is -0.860. The molecule has 1 fully saturated rings. The van der Waals surface area contributed by atoms with Gasteiger partial charge in [0.2, 0.25) is 0 Å². The molecule has 2 aliphatic rings. The Balaban J connectivity index is 1.76. The zero-order valence-corrected chi connectivity index (χ0v) is 12.9. The molecule has 0 spiro atoms. The van der Waals surface area contributed by atoms with Gasteiger partial charge in [-0.15, -0.1) is 0 Å². The molecule has 110 valence electrons. The molecule has 0 aromatic heterocycles. The van der Waals surface area contributed by atoms with E-state index in [1.165, 1.54) is 38.8 Å². The number of fused-ring (bicyclic) bond motifs is 1. The van der Waals surface area contributed by atoms with E-state index in [1.807, 2.05) is 0 Å². The maximum Gasteiger partial charge on any atom is 0.0484 e. The van der Waals surface area contributed by atoms with Crippen molar-refractivity contribution < 1.29 is 0 Å². The molecule has 0 bridgehead atoms. The van der Waals surface area contributed by atoms with Crippen LogP contribution in [0.3, 0.4) is 0 Å². The molecule has 1 aromatic carbocycles. The van der Waals surface area contributed by atoms with Crippen LogP contribution < -0.4 is 5.32 Å². The van der Waals surface area contributed by atoms with Crippen LogP contribution in [0.15, 0.2) is 24.3 Å². The molecule has 2 heteroatoms. The number of hydrogen-bond donors (Lipinski definition) is 1. The number of piperidine rings is 1. The van der Waals surface area contributed by atoms with E-state index in [9.17, 15) is 0 Å². The number of hydrogen-bond acceptors (Lipinski definition) is 2. The number of likely N-dealkylation sites (tertiary alicyclic amines) is 1. The fourth-order valence-corrected chi connectivity index (χ4v) is 3.82. The lowest BCUT2D eigenvalue weighted by atomic mass is 9.96. The third-order valence-corrected chi connectivity index (χ3v) is 5.11. The standard InChI is InChI=1S/C18H28N2/c1-3-10-19-18-16-7-5-4-6-15(16)13-17(18)20-11-8-14(2)9-12-20/h4-7,14,17-19H,3,8-13H2,1-2H3. The van der Waals surface area contributed by atoms with E-state index in [4.69, 9.17) is 0 Å². The van der Waals surface area contributed by atoms with E-state index in [0.717, 1.165) is 12.5 Å². The van der Waals surface area contributed by atoms with E-state index in [0.29, 0.717) is 12.1 Å². The summed E-state index contributed by atoms with van der Waals surface area (Å²) in [4.78, 5) is 2.74. The van der Waals surface area contributed by atoms with Gasteiger partial charge in [0.1, 0.15) is 0 Å². The Morgan fingerprint density at radius 1 is 1.20 bits per heavy atom. The number of rotatable bonds is 4. The number of nitrogens with one attached hydrogen (secondary N) is 1. The minimum atomic E-state index is 0.541. The number of nitrogens with zero attached hydrogens (tertiary/aromatic N) is 1. The normalized spacial score (nSPS) is 27.7. The van der Waals surface area contributed by atoms with Gasteiger partial charge in [-0.2, -0.15) is 0 Å². The summed E-state index contributed by atoms with van der Waals surface area (Å²) in [6, 6.07) is 10.2. The lowest BCUT2D eigenvalue weighted by Crippen LogP contribution is -2.46. The highest BCUT2D eigenvalue weighted by Crippen LogP contribution is 2.36. The average molecular weight is 272 g/mol. The van der Waals surface area contributed by atoms with Gasteiger partial charge >= 0.3 is 0 Å². The molecule has 1 aliphatic heterocycles. The predicted molar refractivity (Wildman–Crippen MR) is 84.9 cm³/mol. The fourth-order valence-electron chi connectivity index (χ4n) is 3.82. The second-order valence-corrected chi connectivity index (χ2v) is 6.62. The molecule has 1 heterocycles. The van der Waals surface area contributed by atoms with E-state index >= 15 is 0 Å². The van der Waals surface area contributed by atoms with Gasteiger partial charge in [0.15, 0.2) is 0 Å². The highest BCUT2D eigenvalue weighted by molar-refractivity contribution is 5.37. The van der Waals surface area contributed by atoms with Gasteiger partial charge in [0.25, 0.3) is 0 Å². The summed E-state index contributed by atoms with van der Waals surface area (Å²) in [6.07, 6.45) is 5.18. The van der Waals surface area contributed by atoms with Crippen LogP contribution in [0, 0.1) is 5.92 Å². The Bertz CT molecular complexity index is 435. The van der Waals surface area contributed by atoms with E-state index in [1.54, 1.807) is 11.1 Å². The van der Waals surface area contributed by atoms with Crippen molar-refractivity contribution in [2.24, 2.45) is 5.92 Å². The third kappa shape index (κ3) is 2.77. The van der Waals surface area contributed by atoms with Gasteiger partial charge < -0.3 is 5.32 Å². The van der Waals surface area contributed by atoms with Crippen LogP contribution in [0.25, 0.3) is 0 Å². The first kappa shape index (κ1) is 14.1. The van der Waals surface area contributed by atoms with E-state index < -0.39 is 0 Å². The Labute approximate surface area is 123 Å². The Morgan fingerprint density at radius 3 is 2.70 bits per heavy atom. The van der Waals surface area contributed by atoms with Crippen LogP contribution >= 0.6 is 0 Å². The summed E-state index contributed by atoms with van der Waals surface area (Å²) in [6.45, 7) is 8.34. The molecule has 2 unspecified atom stereocenters. The van der Waals surface area contributed by atoms with Crippen molar-refractivity contribution in [1.82, 2.24) is 10.2 Å². The zero-order valence-electron chi connectivity index (χ0n) is 12.9. The maximum absolute atomic E-state index is 3.80. The topological polar surface area (TPSA) is 15.3 Å². The second kappa shape index (κ2) is 6.28. The quantitative estimate of drug-likeness (QED) is 0.904. The smallest absolute Gasteiger partial charge is 0.0484 e. The van der Waals surface area contributed by atoms with Gasteiger partial charge in [-0.25, -0.2) is 0 Å². The average Bonchev–Trinajstić information content (AvgIpc) is 2.84. The maximum atomic E-state index is 3.80. The van der Waals surface area contributed by atoms with Gasteiger partial charge in [0, 0.05) is 12.1 Å². The first-order valence-electron chi connectivity index (χ1n) is 8.34. The zero-order chi connectivity index (χ0) is 13.9. The summed E-state index contributed by atoms with van der Waals surface area (Å²) in [7, 11) is 0. The Kier molecular flexibility index (Phi) is 4.42. The van der Waals surface area contributed by atoms with Gasteiger partial charge in [-0.3, -0.25) is 4.90 Å². The Morgan fingerprint density at radius 2 is 1.95 bits per heavy atom. The minimum absolute atomic E-state index is 0.541. The molecule has 1 aromatic rings. The largest absolute Gasteiger partial charge is 0.309 e. The van der Waals surface area contributed by atoms with Crippen molar-refractivity contribution in [2.45, 2.75) is 51.6 Å². The summed E-state index contributed by atoms with van der Waals surface area (Å²) < 4.78 is 0. The van der Waals surface area contributed by atoms with Crippen molar-refractivity contribution in [2.75, 3.05) is 19.6 Å². The lowest BCUT2D eigenvalue weighted by Gasteiger charge is -2.38. The summed E-state index contributed by atoms with van der Waals surface area (Å²) in [5.41, 5.74) is 3.11. The first-order valence-corrected chi connectivity index (χ1v) is 8.34. The molecule has 1 N–H and O–H groups in total. The molecule has 2 atom stereocenters. The molecule has 20 heavy (non-hydrogen) atoms. The van der Waals surface area contributed by atoms with Crippen LogP contribution in [-0.4, -0.2) is 30.6 Å². The van der Waals surface area contributed by atoms with E-state index in [2.05, 4.69) is 48.3 Å². The van der Waals surface area contributed by atoms with Crippen molar-refractivity contribution in [1.29, 1.82) is 0 Å². The van der Waals surface area contributed by atoms with Crippen LogP contribution in [0.4, 0.5) is 0 Å². The van der Waals surface area contributed by atoms with Crippen LogP contribution in [-0.2, 0) is 6.42 Å². The SMILES string of the molecule is CCCNC1c2ccccc2CC1N1CCC(C)CC1. The van der Waals surface area contributed by atoms with Gasteiger partial charge in [0.05, 0.1) is 0 Å². The van der Waals surface area contributed by atoms with Crippen molar-refractivity contribution in [3.63, 3.8) is 0 Å². The van der Waals surface area contributed by atoms with Crippen LogP contribution in [0.1, 0.15) is 50.3 Å². The van der Waals surface area contributed by atoms with Crippen molar-refractivity contribution >= 4 is 0 Å². The van der Waals surface area contributed by atoms with E-state index in [-0.39, 0.29) is 0 Å². The fraction of sp³-hybridized carbons (Fsp3) is 0.667. The molecule has 2 nitrogen and oxygen atoms in total. The third-order valence-electron chi connectivity index (χ3n) is 5.11. The molecular weight excluding hydrogens is 244 g/mol. The highest BCUT2D eigenvalue weighted by Gasteiger charge is 2.36. The highest BCUT2D eigenvalue weighted by atomic mass is 15.2. The molecule has 3 rings (SSSR count).